The maximum absolute atomic E-state index is 12.7. The standard InChI is InChI=1S/C23H24N4O4/c1-4-18-21(14-6-5-7-17(12-14)31-3)22-25-23(29)19(27(22)26-18)13-20(28)24-15-8-10-16(30-2)11-9-15/h5-12,19H,4,13H2,1-3H3,(H,24,28)(H,25,29). The molecule has 1 aromatic heterocycles. The minimum absolute atomic E-state index is 0.0206. The zero-order valence-electron chi connectivity index (χ0n) is 17.6. The summed E-state index contributed by atoms with van der Waals surface area (Å²) in [5.74, 6) is 1.51. The Balaban J connectivity index is 1.59. The molecule has 4 rings (SSSR count). The topological polar surface area (TPSA) is 94.5 Å². The fraction of sp³-hybridized carbons (Fsp3) is 0.261. The zero-order valence-corrected chi connectivity index (χ0v) is 17.6. The summed E-state index contributed by atoms with van der Waals surface area (Å²) in [6, 6.07) is 13.9. The first-order chi connectivity index (χ1) is 15.0. The first kappa shape index (κ1) is 20.5. The Morgan fingerprint density at radius 3 is 2.55 bits per heavy atom. The largest absolute Gasteiger partial charge is 0.497 e. The van der Waals surface area contributed by atoms with Gasteiger partial charge in [-0.3, -0.25) is 9.59 Å². The normalized spacial score (nSPS) is 14.7. The average molecular weight is 420 g/mol. The molecule has 2 aromatic carbocycles. The fourth-order valence-corrected chi connectivity index (χ4v) is 3.71. The van der Waals surface area contributed by atoms with Gasteiger partial charge in [0.2, 0.25) is 5.91 Å². The third kappa shape index (κ3) is 3.96. The summed E-state index contributed by atoms with van der Waals surface area (Å²) in [5.41, 5.74) is 3.24. The van der Waals surface area contributed by atoms with Crippen LogP contribution in [0.2, 0.25) is 0 Å². The van der Waals surface area contributed by atoms with Gasteiger partial charge in [0.25, 0.3) is 5.91 Å². The molecule has 1 atom stereocenters. The molecule has 2 amide bonds. The van der Waals surface area contributed by atoms with E-state index in [-0.39, 0.29) is 18.2 Å². The number of hydrogen-bond donors (Lipinski definition) is 2. The summed E-state index contributed by atoms with van der Waals surface area (Å²) in [5, 5.41) is 10.4. The molecule has 3 aromatic rings. The molecule has 0 bridgehead atoms. The Kier molecular flexibility index (Phi) is 5.62. The number of carbonyl (C=O) groups is 2. The van der Waals surface area contributed by atoms with E-state index in [0.29, 0.717) is 23.7 Å². The van der Waals surface area contributed by atoms with Crippen molar-refractivity contribution in [2.24, 2.45) is 0 Å². The number of benzene rings is 2. The summed E-state index contributed by atoms with van der Waals surface area (Å²) in [6.07, 6.45) is 0.667. The van der Waals surface area contributed by atoms with Gasteiger partial charge in [-0.1, -0.05) is 19.1 Å². The van der Waals surface area contributed by atoms with Gasteiger partial charge in [-0.15, -0.1) is 0 Å². The predicted molar refractivity (Wildman–Crippen MR) is 118 cm³/mol. The van der Waals surface area contributed by atoms with Crippen molar-refractivity contribution in [3.8, 4) is 22.6 Å². The number of nitrogens with zero attached hydrogens (tertiary/aromatic N) is 2. The van der Waals surface area contributed by atoms with Crippen LogP contribution in [0.4, 0.5) is 11.5 Å². The summed E-state index contributed by atoms with van der Waals surface area (Å²) < 4.78 is 12.1. The van der Waals surface area contributed by atoms with Crippen LogP contribution in [-0.4, -0.2) is 35.8 Å². The van der Waals surface area contributed by atoms with Crippen LogP contribution in [-0.2, 0) is 16.0 Å². The SMILES string of the molecule is CCc1nn2c(c1-c1cccc(OC)c1)NC(=O)C2CC(=O)Nc1ccc(OC)cc1. The van der Waals surface area contributed by atoms with Crippen molar-refractivity contribution in [2.45, 2.75) is 25.8 Å². The average Bonchev–Trinajstić information content (AvgIpc) is 3.29. The first-order valence-electron chi connectivity index (χ1n) is 10.0. The molecular formula is C23H24N4O4. The molecular weight excluding hydrogens is 396 g/mol. The number of fused-ring (bicyclic) bond motifs is 1. The Bertz CT molecular complexity index is 1120. The van der Waals surface area contributed by atoms with Crippen LogP contribution in [0.25, 0.3) is 11.1 Å². The molecule has 0 radical (unpaired) electrons. The third-order valence-electron chi connectivity index (χ3n) is 5.27. The lowest BCUT2D eigenvalue weighted by molar-refractivity contribution is -0.123. The van der Waals surface area contributed by atoms with Crippen LogP contribution >= 0.6 is 0 Å². The van der Waals surface area contributed by atoms with Gasteiger partial charge in [0.1, 0.15) is 23.4 Å². The molecule has 2 heterocycles. The second-order valence-corrected chi connectivity index (χ2v) is 7.19. The molecule has 0 fully saturated rings. The maximum atomic E-state index is 12.7. The van der Waals surface area contributed by atoms with Crippen molar-refractivity contribution in [1.29, 1.82) is 0 Å². The van der Waals surface area contributed by atoms with Gasteiger partial charge in [-0.25, -0.2) is 4.68 Å². The maximum Gasteiger partial charge on any atom is 0.251 e. The van der Waals surface area contributed by atoms with Crippen LogP contribution in [0.15, 0.2) is 48.5 Å². The van der Waals surface area contributed by atoms with E-state index >= 15 is 0 Å². The number of amides is 2. The minimum atomic E-state index is -0.710. The molecule has 0 saturated heterocycles. The third-order valence-corrected chi connectivity index (χ3v) is 5.27. The monoisotopic (exact) mass is 420 g/mol. The van der Waals surface area contributed by atoms with Crippen molar-refractivity contribution in [3.05, 3.63) is 54.2 Å². The molecule has 0 spiro atoms. The summed E-state index contributed by atoms with van der Waals surface area (Å²) in [4.78, 5) is 25.3. The van der Waals surface area contributed by atoms with E-state index in [1.54, 1.807) is 43.2 Å². The quantitative estimate of drug-likeness (QED) is 0.608. The summed E-state index contributed by atoms with van der Waals surface area (Å²) >= 11 is 0. The number of aromatic nitrogens is 2. The van der Waals surface area contributed by atoms with E-state index in [1.807, 2.05) is 31.2 Å². The van der Waals surface area contributed by atoms with Crippen LogP contribution in [0, 0.1) is 0 Å². The Hall–Kier alpha value is -3.81. The van der Waals surface area contributed by atoms with Crippen molar-refractivity contribution in [1.82, 2.24) is 9.78 Å². The van der Waals surface area contributed by atoms with E-state index in [1.165, 1.54) is 0 Å². The van der Waals surface area contributed by atoms with Crippen LogP contribution in [0.5, 0.6) is 11.5 Å². The highest BCUT2D eigenvalue weighted by Crippen LogP contribution is 2.39. The summed E-state index contributed by atoms with van der Waals surface area (Å²) in [7, 11) is 3.19. The van der Waals surface area contributed by atoms with Gasteiger partial charge in [0.05, 0.1) is 26.3 Å². The highest BCUT2D eigenvalue weighted by Gasteiger charge is 2.36. The van der Waals surface area contributed by atoms with E-state index in [4.69, 9.17) is 9.47 Å². The van der Waals surface area contributed by atoms with E-state index in [9.17, 15) is 9.59 Å². The number of rotatable bonds is 7. The van der Waals surface area contributed by atoms with Gasteiger partial charge in [-0.05, 0) is 48.4 Å². The lowest BCUT2D eigenvalue weighted by Gasteiger charge is -2.10. The van der Waals surface area contributed by atoms with Crippen molar-refractivity contribution in [3.63, 3.8) is 0 Å². The van der Waals surface area contributed by atoms with Crippen LogP contribution < -0.4 is 20.1 Å². The lowest BCUT2D eigenvalue weighted by atomic mass is 10.0. The molecule has 0 saturated carbocycles. The fourth-order valence-electron chi connectivity index (χ4n) is 3.71. The number of hydrogen-bond acceptors (Lipinski definition) is 5. The van der Waals surface area contributed by atoms with Crippen LogP contribution in [0.1, 0.15) is 25.1 Å². The lowest BCUT2D eigenvalue weighted by Crippen LogP contribution is -2.23. The highest BCUT2D eigenvalue weighted by atomic mass is 16.5. The van der Waals surface area contributed by atoms with Crippen molar-refractivity contribution in [2.75, 3.05) is 24.9 Å². The smallest absolute Gasteiger partial charge is 0.251 e. The van der Waals surface area contributed by atoms with Crippen molar-refractivity contribution >= 4 is 23.3 Å². The van der Waals surface area contributed by atoms with Crippen LogP contribution in [0.3, 0.4) is 0 Å². The number of nitrogens with one attached hydrogen (secondary N) is 2. The Morgan fingerprint density at radius 1 is 1.13 bits per heavy atom. The molecule has 2 N–H and O–H groups in total. The second-order valence-electron chi connectivity index (χ2n) is 7.19. The molecule has 8 heteroatoms. The molecule has 0 aliphatic carbocycles. The number of anilines is 2. The number of carbonyl (C=O) groups excluding carboxylic acids is 2. The van der Waals surface area contributed by atoms with E-state index in [0.717, 1.165) is 22.6 Å². The van der Waals surface area contributed by atoms with Gasteiger partial charge in [0, 0.05) is 11.3 Å². The number of ether oxygens (including phenoxy) is 2. The van der Waals surface area contributed by atoms with Gasteiger partial charge in [-0.2, -0.15) is 5.10 Å². The predicted octanol–water partition coefficient (Wildman–Crippen LogP) is 3.65. The minimum Gasteiger partial charge on any atom is -0.497 e. The number of aryl methyl sites for hydroxylation is 1. The highest BCUT2D eigenvalue weighted by molar-refractivity contribution is 6.04. The zero-order chi connectivity index (χ0) is 22.0. The van der Waals surface area contributed by atoms with E-state index in [2.05, 4.69) is 15.7 Å². The van der Waals surface area contributed by atoms with Gasteiger partial charge in [0.15, 0.2) is 0 Å². The van der Waals surface area contributed by atoms with E-state index < -0.39 is 6.04 Å². The van der Waals surface area contributed by atoms with Crippen molar-refractivity contribution < 1.29 is 19.1 Å². The molecule has 8 nitrogen and oxygen atoms in total. The second kappa shape index (κ2) is 8.51. The van der Waals surface area contributed by atoms with Gasteiger partial charge < -0.3 is 20.1 Å². The molecule has 1 aliphatic heterocycles. The first-order valence-corrected chi connectivity index (χ1v) is 10.0. The number of methoxy groups -OCH3 is 2. The van der Waals surface area contributed by atoms with Gasteiger partial charge >= 0.3 is 0 Å². The molecule has 1 aliphatic rings. The molecule has 1 unspecified atom stereocenters. The Labute approximate surface area is 180 Å². The summed E-state index contributed by atoms with van der Waals surface area (Å²) in [6.45, 7) is 2.01. The molecule has 160 valence electrons. The Morgan fingerprint density at radius 2 is 1.87 bits per heavy atom. The molecule has 31 heavy (non-hydrogen) atoms.